The molecule has 2 heterocycles. The summed E-state index contributed by atoms with van der Waals surface area (Å²) in [5.41, 5.74) is 2.31. The van der Waals surface area contributed by atoms with Crippen LogP contribution in [0.25, 0.3) is 4.96 Å². The topological polar surface area (TPSA) is 62.5 Å². The van der Waals surface area contributed by atoms with E-state index in [9.17, 15) is 5.11 Å². The molecule has 5 nitrogen and oxygen atoms in total. The summed E-state index contributed by atoms with van der Waals surface area (Å²) in [6.45, 7) is 7.37. The smallest absolute Gasteiger partial charge is 0.214 e. The molecule has 2 aromatic heterocycles. The van der Waals surface area contributed by atoms with Gasteiger partial charge in [0.25, 0.3) is 0 Å². The number of fused-ring (bicyclic) bond motifs is 1. The number of nitrogens with one attached hydrogen (secondary N) is 1. The first-order valence-electron chi connectivity index (χ1n) is 8.24. The van der Waals surface area contributed by atoms with Crippen molar-refractivity contribution in [3.05, 3.63) is 47.8 Å². The maximum absolute atomic E-state index is 9.33. The second-order valence-electron chi connectivity index (χ2n) is 7.01. The SMILES string of the molecule is CC(C)(C)c1cn2nc(NCC(CCO)c3ccccc3)sc2n1. The Hall–Kier alpha value is -1.92. The van der Waals surface area contributed by atoms with E-state index >= 15 is 0 Å². The van der Waals surface area contributed by atoms with Crippen LogP contribution in [0.1, 0.15) is 44.4 Å². The molecule has 0 spiro atoms. The van der Waals surface area contributed by atoms with Crippen LogP contribution in [0.15, 0.2) is 36.5 Å². The van der Waals surface area contributed by atoms with Crippen molar-refractivity contribution < 1.29 is 5.11 Å². The van der Waals surface area contributed by atoms with Gasteiger partial charge in [0.05, 0.1) is 11.9 Å². The molecule has 0 bridgehead atoms. The highest BCUT2D eigenvalue weighted by Gasteiger charge is 2.19. The molecule has 3 rings (SSSR count). The first-order chi connectivity index (χ1) is 11.5. The van der Waals surface area contributed by atoms with Crippen LogP contribution in [-0.4, -0.2) is 32.9 Å². The summed E-state index contributed by atoms with van der Waals surface area (Å²) in [6, 6.07) is 10.3. The third-order valence-corrected chi connectivity index (χ3v) is 4.94. The lowest BCUT2D eigenvalue weighted by molar-refractivity contribution is 0.277. The third-order valence-electron chi connectivity index (χ3n) is 4.06. The highest BCUT2D eigenvalue weighted by molar-refractivity contribution is 7.20. The predicted octanol–water partition coefficient (Wildman–Crippen LogP) is 3.67. The van der Waals surface area contributed by atoms with E-state index in [2.05, 4.69) is 48.3 Å². The van der Waals surface area contributed by atoms with E-state index in [4.69, 9.17) is 0 Å². The van der Waals surface area contributed by atoms with Gasteiger partial charge >= 0.3 is 0 Å². The molecule has 0 aliphatic rings. The van der Waals surface area contributed by atoms with Crippen LogP contribution in [-0.2, 0) is 5.41 Å². The molecule has 24 heavy (non-hydrogen) atoms. The van der Waals surface area contributed by atoms with Crippen LogP contribution in [0.4, 0.5) is 5.13 Å². The van der Waals surface area contributed by atoms with Crippen molar-refractivity contribution in [1.82, 2.24) is 14.6 Å². The zero-order valence-corrected chi connectivity index (χ0v) is 15.2. The number of nitrogens with zero attached hydrogens (tertiary/aromatic N) is 3. The summed E-state index contributed by atoms with van der Waals surface area (Å²) >= 11 is 1.56. The number of rotatable bonds is 6. The lowest BCUT2D eigenvalue weighted by atomic mass is 9.93. The van der Waals surface area contributed by atoms with E-state index in [1.807, 2.05) is 28.9 Å². The van der Waals surface area contributed by atoms with E-state index in [0.29, 0.717) is 0 Å². The van der Waals surface area contributed by atoms with E-state index in [0.717, 1.165) is 28.8 Å². The number of aromatic nitrogens is 3. The van der Waals surface area contributed by atoms with Gasteiger partial charge < -0.3 is 10.4 Å². The van der Waals surface area contributed by atoms with Gasteiger partial charge in [-0.15, -0.1) is 5.10 Å². The second kappa shape index (κ2) is 6.91. The van der Waals surface area contributed by atoms with E-state index in [-0.39, 0.29) is 17.9 Å². The summed E-state index contributed by atoms with van der Waals surface area (Å²) in [5, 5.41) is 18.2. The van der Waals surface area contributed by atoms with Crippen LogP contribution in [0, 0.1) is 0 Å². The number of aliphatic hydroxyl groups excluding tert-OH is 1. The summed E-state index contributed by atoms with van der Waals surface area (Å²) in [7, 11) is 0. The quantitative estimate of drug-likeness (QED) is 0.716. The zero-order chi connectivity index (χ0) is 17.2. The van der Waals surface area contributed by atoms with Crippen LogP contribution in [0.5, 0.6) is 0 Å². The van der Waals surface area contributed by atoms with Crippen LogP contribution >= 0.6 is 11.3 Å². The van der Waals surface area contributed by atoms with Gasteiger partial charge in [0.1, 0.15) is 0 Å². The first-order valence-corrected chi connectivity index (χ1v) is 9.05. The first kappa shape index (κ1) is 16.9. The lowest BCUT2D eigenvalue weighted by Crippen LogP contribution is -2.14. The van der Waals surface area contributed by atoms with Gasteiger partial charge in [-0.1, -0.05) is 62.4 Å². The minimum absolute atomic E-state index is 0.0283. The molecule has 6 heteroatoms. The largest absolute Gasteiger partial charge is 0.396 e. The molecule has 0 saturated heterocycles. The Morgan fingerprint density at radius 2 is 2.00 bits per heavy atom. The Labute approximate surface area is 146 Å². The van der Waals surface area contributed by atoms with E-state index in [1.165, 1.54) is 5.56 Å². The van der Waals surface area contributed by atoms with Gasteiger partial charge in [-0.05, 0) is 12.0 Å². The molecular weight excluding hydrogens is 320 g/mol. The fourth-order valence-electron chi connectivity index (χ4n) is 2.61. The van der Waals surface area contributed by atoms with Gasteiger partial charge in [0.15, 0.2) is 0 Å². The minimum atomic E-state index is 0.0283. The van der Waals surface area contributed by atoms with E-state index < -0.39 is 0 Å². The molecule has 3 aromatic rings. The molecule has 1 unspecified atom stereocenters. The third kappa shape index (κ3) is 3.76. The zero-order valence-electron chi connectivity index (χ0n) is 14.4. The highest BCUT2D eigenvalue weighted by Crippen LogP contribution is 2.26. The molecule has 0 radical (unpaired) electrons. The number of anilines is 1. The Kier molecular flexibility index (Phi) is 4.87. The van der Waals surface area contributed by atoms with Gasteiger partial charge in [-0.3, -0.25) is 0 Å². The molecule has 0 fully saturated rings. The molecular formula is C18H24N4OS. The molecule has 0 saturated carbocycles. The summed E-state index contributed by atoms with van der Waals surface area (Å²) in [5.74, 6) is 0.262. The summed E-state index contributed by atoms with van der Waals surface area (Å²) in [6.07, 6.45) is 2.73. The molecule has 0 aliphatic carbocycles. The van der Waals surface area contributed by atoms with Crippen molar-refractivity contribution >= 4 is 21.4 Å². The van der Waals surface area contributed by atoms with Gasteiger partial charge in [0.2, 0.25) is 10.1 Å². The molecule has 2 N–H and O–H groups in total. The lowest BCUT2D eigenvalue weighted by Gasteiger charge is -2.16. The number of aliphatic hydroxyl groups is 1. The molecule has 1 aromatic carbocycles. The van der Waals surface area contributed by atoms with Crippen LogP contribution in [0.3, 0.4) is 0 Å². The maximum atomic E-state index is 9.33. The highest BCUT2D eigenvalue weighted by atomic mass is 32.1. The second-order valence-corrected chi connectivity index (χ2v) is 7.97. The maximum Gasteiger partial charge on any atom is 0.214 e. The average Bonchev–Trinajstić information content (AvgIpc) is 3.10. The van der Waals surface area contributed by atoms with Crippen molar-refractivity contribution in [3.8, 4) is 0 Å². The summed E-state index contributed by atoms with van der Waals surface area (Å²) < 4.78 is 1.84. The fraction of sp³-hybridized carbons (Fsp3) is 0.444. The normalized spacial score (nSPS) is 13.3. The van der Waals surface area contributed by atoms with Crippen LogP contribution in [0.2, 0.25) is 0 Å². The molecule has 1 atom stereocenters. The molecule has 128 valence electrons. The Bertz CT molecular complexity index is 757. The van der Waals surface area contributed by atoms with Crippen molar-refractivity contribution in [2.45, 2.75) is 38.5 Å². The number of imidazole rings is 1. The van der Waals surface area contributed by atoms with E-state index in [1.54, 1.807) is 11.3 Å². The number of hydrogen-bond donors (Lipinski definition) is 2. The van der Waals surface area contributed by atoms with Crippen LogP contribution < -0.4 is 5.32 Å². The van der Waals surface area contributed by atoms with Crippen molar-refractivity contribution in [2.75, 3.05) is 18.5 Å². The number of benzene rings is 1. The fourth-order valence-corrected chi connectivity index (χ4v) is 3.40. The summed E-state index contributed by atoms with van der Waals surface area (Å²) in [4.78, 5) is 5.57. The van der Waals surface area contributed by atoms with Crippen molar-refractivity contribution in [2.24, 2.45) is 0 Å². The van der Waals surface area contributed by atoms with Crippen molar-refractivity contribution in [1.29, 1.82) is 0 Å². The Morgan fingerprint density at radius 3 is 2.62 bits per heavy atom. The van der Waals surface area contributed by atoms with Gasteiger partial charge in [-0.25, -0.2) is 9.50 Å². The van der Waals surface area contributed by atoms with Gasteiger partial charge in [-0.2, -0.15) is 0 Å². The Balaban J connectivity index is 1.71. The monoisotopic (exact) mass is 344 g/mol. The Morgan fingerprint density at radius 1 is 1.25 bits per heavy atom. The number of hydrogen-bond acceptors (Lipinski definition) is 5. The molecule has 0 aliphatic heterocycles. The van der Waals surface area contributed by atoms with Gasteiger partial charge in [0, 0.05) is 24.5 Å². The average molecular weight is 344 g/mol. The predicted molar refractivity (Wildman–Crippen MR) is 98.9 cm³/mol. The standard InChI is InChI=1S/C18H24N4OS/c1-18(2,3)15-12-22-17(20-15)24-16(21-22)19-11-14(9-10-23)13-7-5-4-6-8-13/h4-8,12,14,23H,9-11H2,1-3H3,(H,19,21). The van der Waals surface area contributed by atoms with Crippen molar-refractivity contribution in [3.63, 3.8) is 0 Å². The minimum Gasteiger partial charge on any atom is -0.396 e. The molecule has 0 amide bonds.